The van der Waals surface area contributed by atoms with Crippen LogP contribution in [0.1, 0.15) is 181 Å². The van der Waals surface area contributed by atoms with Crippen LogP contribution < -0.4 is 4.89 Å². The Hall–Kier alpha value is -2.33. The summed E-state index contributed by atoms with van der Waals surface area (Å²) in [6.45, 7) is 4.09. The zero-order valence-electron chi connectivity index (χ0n) is 39.3. The third-order valence-corrected chi connectivity index (χ3v) is 11.4. The van der Waals surface area contributed by atoms with E-state index in [0.717, 1.165) is 51.4 Å². The molecule has 1 fully saturated rings. The molecule has 0 amide bonds. The van der Waals surface area contributed by atoms with Gasteiger partial charge in [-0.25, -0.2) is 0 Å². The van der Waals surface area contributed by atoms with Crippen LogP contribution in [0.15, 0.2) is 60.8 Å². The van der Waals surface area contributed by atoms with E-state index < -0.39 is 32.5 Å². The highest BCUT2D eigenvalue weighted by atomic mass is 31.2. The van der Waals surface area contributed by atoms with Gasteiger partial charge >= 0.3 is 11.9 Å². The van der Waals surface area contributed by atoms with Gasteiger partial charge in [-0.3, -0.25) is 14.2 Å². The molecule has 4 atom stereocenters. The van der Waals surface area contributed by atoms with E-state index in [9.17, 15) is 19.0 Å². The van der Waals surface area contributed by atoms with E-state index in [1.807, 2.05) is 27.2 Å². The van der Waals surface area contributed by atoms with Gasteiger partial charge in [0.25, 0.3) is 7.82 Å². The number of esters is 2. The molecule has 0 aromatic carbocycles. The van der Waals surface area contributed by atoms with Crippen molar-refractivity contribution in [1.29, 1.82) is 0 Å². The van der Waals surface area contributed by atoms with Gasteiger partial charge in [0.2, 0.25) is 0 Å². The van der Waals surface area contributed by atoms with Crippen molar-refractivity contribution in [2.45, 2.75) is 199 Å². The Labute approximate surface area is 372 Å². The van der Waals surface area contributed by atoms with Gasteiger partial charge in [0.05, 0.1) is 40.0 Å². The highest BCUT2D eigenvalue weighted by molar-refractivity contribution is 7.45. The molecular weight excluding hydrogens is 790 g/mol. The molecule has 1 aliphatic rings. The number of phosphoric ester groups is 1. The van der Waals surface area contributed by atoms with Crippen molar-refractivity contribution in [3.63, 3.8) is 0 Å². The predicted molar refractivity (Wildman–Crippen MR) is 249 cm³/mol. The molecule has 0 aromatic heterocycles. The number of phosphoric acid groups is 1. The van der Waals surface area contributed by atoms with Crippen LogP contribution in [0.3, 0.4) is 0 Å². The number of nitrogens with zero attached hydrogens (tertiary/aromatic N) is 1. The molecule has 0 aromatic rings. The Morgan fingerprint density at radius 1 is 0.607 bits per heavy atom. The van der Waals surface area contributed by atoms with Gasteiger partial charge in [-0.05, 0) is 77.0 Å². The summed E-state index contributed by atoms with van der Waals surface area (Å²) in [6.07, 6.45) is 48.6. The summed E-state index contributed by atoms with van der Waals surface area (Å²) < 4.78 is 39.7. The fraction of sp³-hybridized carbons (Fsp3) is 0.760. The number of rotatable bonds is 42. The number of carbonyl (C=O) groups is 2. The first-order valence-electron chi connectivity index (χ1n) is 24.1. The molecule has 352 valence electrons. The summed E-state index contributed by atoms with van der Waals surface area (Å²) in [6, 6.07) is 0. The minimum absolute atomic E-state index is 0.0461. The van der Waals surface area contributed by atoms with Crippen LogP contribution in [0, 0.1) is 0 Å². The maximum absolute atomic E-state index is 12.7. The van der Waals surface area contributed by atoms with E-state index in [-0.39, 0.29) is 26.1 Å². The average Bonchev–Trinajstić information content (AvgIpc) is 3.97. The topological polar surface area (TPSA) is 124 Å². The number of epoxide rings is 1. The number of hydrogen-bond donors (Lipinski definition) is 0. The lowest BCUT2D eigenvalue weighted by atomic mass is 10.1. The van der Waals surface area contributed by atoms with Gasteiger partial charge in [0.1, 0.15) is 19.8 Å². The third-order valence-electron chi connectivity index (χ3n) is 10.4. The van der Waals surface area contributed by atoms with E-state index in [2.05, 4.69) is 68.5 Å². The van der Waals surface area contributed by atoms with Gasteiger partial charge in [0.15, 0.2) is 6.10 Å². The molecule has 11 heteroatoms. The molecule has 0 N–H and O–H groups in total. The SMILES string of the molecule is CCCCC/C=C\C/C=C\CCCCCCCCCCCC(=O)OC[C@H](COP(=O)([O-])OCC[N+](C)(C)C)OC(=O)CCC/C=C\C/C=C\C/C=C\CC1OC1CCCCC. The van der Waals surface area contributed by atoms with E-state index in [4.69, 9.17) is 23.3 Å². The molecule has 0 radical (unpaired) electrons. The maximum Gasteiger partial charge on any atom is 0.306 e. The molecule has 1 saturated heterocycles. The van der Waals surface area contributed by atoms with Crippen LogP contribution in [-0.4, -0.2) is 82.2 Å². The number of quaternary nitrogens is 1. The van der Waals surface area contributed by atoms with E-state index in [1.165, 1.54) is 83.5 Å². The largest absolute Gasteiger partial charge is 0.756 e. The Bertz CT molecular complexity index is 1290. The Kier molecular flexibility index (Phi) is 35.5. The highest BCUT2D eigenvalue weighted by Crippen LogP contribution is 2.38. The van der Waals surface area contributed by atoms with Gasteiger partial charge in [-0.15, -0.1) is 0 Å². The smallest absolute Gasteiger partial charge is 0.306 e. The summed E-state index contributed by atoms with van der Waals surface area (Å²) in [5, 5.41) is 0. The molecule has 10 nitrogen and oxygen atoms in total. The molecule has 1 rings (SSSR count). The normalized spacial score (nSPS) is 17.3. The number of ether oxygens (including phenoxy) is 3. The molecular formula is C50H88NO9P. The minimum Gasteiger partial charge on any atom is -0.756 e. The van der Waals surface area contributed by atoms with Gasteiger partial charge in [-0.1, -0.05) is 152 Å². The zero-order valence-corrected chi connectivity index (χ0v) is 40.2. The second kappa shape index (κ2) is 38.2. The fourth-order valence-corrected chi connectivity index (χ4v) is 7.26. The molecule has 61 heavy (non-hydrogen) atoms. The first kappa shape index (κ1) is 56.7. The fourth-order valence-electron chi connectivity index (χ4n) is 6.54. The standard InChI is InChI=1S/C50H88NO9P/c1-6-8-10-11-12-13-14-15-16-17-18-19-20-21-22-26-29-32-36-40-49(52)56-44-46(45-58-61(54,55)57-43-42-51(3,4)5)59-50(53)41-37-33-30-27-24-23-25-28-31-35-39-48-47(60-48)38-34-9-7-2/h12-13,15-16,23,25,27,30-31,35,46-48H,6-11,14,17-22,24,26,28-29,32-34,36-45H2,1-5H3/b13-12-,16-15-,25-23-,30-27-,35-31-/t46-,47?,48?/m1/s1. The van der Waals surface area contributed by atoms with Crippen molar-refractivity contribution in [2.24, 2.45) is 0 Å². The third kappa shape index (κ3) is 39.0. The maximum atomic E-state index is 12.7. The Balaban J connectivity index is 2.28. The van der Waals surface area contributed by atoms with Crippen LogP contribution in [0.4, 0.5) is 0 Å². The quantitative estimate of drug-likeness (QED) is 0.0147. The lowest BCUT2D eigenvalue weighted by Gasteiger charge is -2.28. The molecule has 0 spiro atoms. The molecule has 0 bridgehead atoms. The van der Waals surface area contributed by atoms with Crippen molar-refractivity contribution < 1.29 is 46.8 Å². The Morgan fingerprint density at radius 3 is 1.72 bits per heavy atom. The minimum atomic E-state index is -4.65. The molecule has 1 aliphatic heterocycles. The first-order chi connectivity index (χ1) is 29.5. The average molecular weight is 878 g/mol. The molecule has 0 aliphatic carbocycles. The van der Waals surface area contributed by atoms with Crippen LogP contribution in [0.25, 0.3) is 0 Å². The van der Waals surface area contributed by atoms with E-state index in [1.54, 1.807) is 0 Å². The second-order valence-electron chi connectivity index (χ2n) is 17.5. The van der Waals surface area contributed by atoms with E-state index in [0.29, 0.717) is 42.5 Å². The first-order valence-corrected chi connectivity index (χ1v) is 25.6. The highest BCUT2D eigenvalue weighted by Gasteiger charge is 2.36. The second-order valence-corrected chi connectivity index (χ2v) is 18.9. The molecule has 0 saturated carbocycles. The van der Waals surface area contributed by atoms with Crippen molar-refractivity contribution in [3.8, 4) is 0 Å². The van der Waals surface area contributed by atoms with Crippen molar-refractivity contribution >= 4 is 19.8 Å². The number of allylic oxidation sites excluding steroid dienone is 9. The van der Waals surface area contributed by atoms with Gasteiger partial charge in [0, 0.05) is 12.8 Å². The Morgan fingerprint density at radius 2 is 1.11 bits per heavy atom. The van der Waals surface area contributed by atoms with Crippen LogP contribution in [-0.2, 0) is 37.4 Å². The van der Waals surface area contributed by atoms with Crippen molar-refractivity contribution in [3.05, 3.63) is 60.8 Å². The number of hydrogen-bond acceptors (Lipinski definition) is 9. The lowest BCUT2D eigenvalue weighted by molar-refractivity contribution is -0.870. The lowest BCUT2D eigenvalue weighted by Crippen LogP contribution is -2.37. The monoisotopic (exact) mass is 878 g/mol. The van der Waals surface area contributed by atoms with Gasteiger partial charge in [-0.2, -0.15) is 0 Å². The van der Waals surface area contributed by atoms with E-state index >= 15 is 0 Å². The van der Waals surface area contributed by atoms with Gasteiger partial charge < -0.3 is 32.6 Å². The zero-order chi connectivity index (χ0) is 44.7. The number of unbranched alkanes of at least 4 members (excludes halogenated alkanes) is 15. The number of carbonyl (C=O) groups excluding carboxylic acids is 2. The molecule has 1 heterocycles. The molecule has 3 unspecified atom stereocenters. The van der Waals surface area contributed by atoms with Crippen LogP contribution in [0.5, 0.6) is 0 Å². The summed E-state index contributed by atoms with van der Waals surface area (Å²) in [7, 11) is 1.12. The van der Waals surface area contributed by atoms with Crippen LogP contribution in [0.2, 0.25) is 0 Å². The number of likely N-dealkylation sites (N-methyl/N-ethyl adjacent to an activating group) is 1. The predicted octanol–water partition coefficient (Wildman–Crippen LogP) is 12.4. The van der Waals surface area contributed by atoms with Crippen molar-refractivity contribution in [2.75, 3.05) is 47.5 Å². The summed E-state index contributed by atoms with van der Waals surface area (Å²) in [5.74, 6) is -0.912. The summed E-state index contributed by atoms with van der Waals surface area (Å²) in [5.41, 5.74) is 0. The van der Waals surface area contributed by atoms with Crippen molar-refractivity contribution in [1.82, 2.24) is 0 Å². The summed E-state index contributed by atoms with van der Waals surface area (Å²) in [4.78, 5) is 37.6. The van der Waals surface area contributed by atoms with Crippen LogP contribution >= 0.6 is 7.82 Å². The summed E-state index contributed by atoms with van der Waals surface area (Å²) >= 11 is 0.